The van der Waals surface area contributed by atoms with Gasteiger partial charge in [-0.25, -0.2) is 0 Å². The van der Waals surface area contributed by atoms with E-state index >= 15 is 0 Å². The van der Waals surface area contributed by atoms with Crippen molar-refractivity contribution in [1.82, 2.24) is 9.80 Å². The van der Waals surface area contributed by atoms with E-state index in [-0.39, 0.29) is 6.04 Å². The second kappa shape index (κ2) is 6.81. The van der Waals surface area contributed by atoms with Crippen molar-refractivity contribution >= 4 is 5.84 Å². The summed E-state index contributed by atoms with van der Waals surface area (Å²) in [6.45, 7) is 10.6. The Labute approximate surface area is 104 Å². The number of hydrogen-bond donors (Lipinski definition) is 2. The molecule has 0 aromatic rings. The highest BCUT2D eigenvalue weighted by Crippen LogP contribution is 2.12. The van der Waals surface area contributed by atoms with E-state index in [2.05, 4.69) is 28.8 Å². The van der Waals surface area contributed by atoms with Gasteiger partial charge in [-0.3, -0.25) is 9.80 Å². The van der Waals surface area contributed by atoms with Crippen LogP contribution in [-0.2, 0) is 0 Å². The Balaban J connectivity index is 2.40. The average Bonchev–Trinajstić information content (AvgIpc) is 2.37. The summed E-state index contributed by atoms with van der Waals surface area (Å²) in [6.07, 6.45) is 2.50. The third-order valence-corrected chi connectivity index (χ3v) is 3.77. The minimum absolute atomic E-state index is 0.0311. The van der Waals surface area contributed by atoms with E-state index in [1.807, 2.05) is 6.92 Å². The average molecular weight is 242 g/mol. The molecule has 1 aliphatic rings. The van der Waals surface area contributed by atoms with Crippen molar-refractivity contribution < 1.29 is 5.21 Å². The highest BCUT2D eigenvalue weighted by molar-refractivity contribution is 5.84. The van der Waals surface area contributed by atoms with Gasteiger partial charge >= 0.3 is 0 Å². The van der Waals surface area contributed by atoms with Crippen LogP contribution in [0.1, 0.15) is 33.6 Å². The molecule has 100 valence electrons. The molecule has 2 atom stereocenters. The van der Waals surface area contributed by atoms with Gasteiger partial charge in [0.25, 0.3) is 0 Å². The monoisotopic (exact) mass is 242 g/mol. The van der Waals surface area contributed by atoms with Gasteiger partial charge < -0.3 is 10.9 Å². The van der Waals surface area contributed by atoms with Crippen LogP contribution < -0.4 is 5.73 Å². The third kappa shape index (κ3) is 3.85. The van der Waals surface area contributed by atoms with E-state index in [0.29, 0.717) is 11.9 Å². The van der Waals surface area contributed by atoms with Crippen molar-refractivity contribution in [3.8, 4) is 0 Å². The molecule has 0 amide bonds. The summed E-state index contributed by atoms with van der Waals surface area (Å²) < 4.78 is 0. The highest BCUT2D eigenvalue weighted by Gasteiger charge is 2.25. The molecule has 1 rings (SSSR count). The second-order valence-corrected chi connectivity index (χ2v) is 4.91. The van der Waals surface area contributed by atoms with E-state index in [9.17, 15) is 0 Å². The van der Waals surface area contributed by atoms with Crippen LogP contribution in [0.4, 0.5) is 0 Å². The van der Waals surface area contributed by atoms with E-state index in [1.165, 1.54) is 12.8 Å². The lowest BCUT2D eigenvalue weighted by atomic mass is 10.1. The summed E-state index contributed by atoms with van der Waals surface area (Å²) in [7, 11) is 0. The zero-order valence-electron chi connectivity index (χ0n) is 11.3. The molecule has 3 N–H and O–H groups in total. The molecule has 0 radical (unpaired) electrons. The first-order chi connectivity index (χ1) is 8.10. The van der Waals surface area contributed by atoms with Crippen LogP contribution >= 0.6 is 0 Å². The van der Waals surface area contributed by atoms with Crippen molar-refractivity contribution in [2.45, 2.75) is 45.7 Å². The molecule has 0 bridgehead atoms. The molecule has 0 aromatic carbocycles. The lowest BCUT2D eigenvalue weighted by Crippen LogP contribution is -2.54. The van der Waals surface area contributed by atoms with Crippen molar-refractivity contribution in [1.29, 1.82) is 0 Å². The maximum atomic E-state index is 8.67. The molecule has 0 spiro atoms. The standard InChI is InChI=1S/C12H26N4O/c1-4-5-10(2)15-6-8-16(9-7-15)11(3)12(13)14-17/h10-11,17H,4-9H2,1-3H3,(H2,13,14). The number of nitrogens with two attached hydrogens (primary N) is 1. The van der Waals surface area contributed by atoms with Crippen molar-refractivity contribution in [2.24, 2.45) is 10.9 Å². The topological polar surface area (TPSA) is 65.1 Å². The van der Waals surface area contributed by atoms with Crippen molar-refractivity contribution in [3.05, 3.63) is 0 Å². The summed E-state index contributed by atoms with van der Waals surface area (Å²) >= 11 is 0. The number of amidine groups is 1. The Bertz CT molecular complexity index is 249. The van der Waals surface area contributed by atoms with Gasteiger partial charge in [-0.1, -0.05) is 18.5 Å². The molecule has 1 aliphatic heterocycles. The van der Waals surface area contributed by atoms with Gasteiger partial charge in [-0.2, -0.15) is 0 Å². The first-order valence-corrected chi connectivity index (χ1v) is 6.55. The van der Waals surface area contributed by atoms with Crippen LogP contribution in [0.25, 0.3) is 0 Å². The maximum Gasteiger partial charge on any atom is 0.156 e. The molecule has 0 saturated carbocycles. The number of nitrogens with zero attached hydrogens (tertiary/aromatic N) is 3. The molecule has 0 aliphatic carbocycles. The van der Waals surface area contributed by atoms with Crippen LogP contribution in [0.3, 0.4) is 0 Å². The van der Waals surface area contributed by atoms with Crippen LogP contribution in [0.2, 0.25) is 0 Å². The fraction of sp³-hybridized carbons (Fsp3) is 0.917. The van der Waals surface area contributed by atoms with Gasteiger partial charge in [0.15, 0.2) is 5.84 Å². The van der Waals surface area contributed by atoms with Gasteiger partial charge in [-0.15, -0.1) is 0 Å². The fourth-order valence-corrected chi connectivity index (χ4v) is 2.44. The number of oxime groups is 1. The van der Waals surface area contributed by atoms with Crippen LogP contribution in [-0.4, -0.2) is 59.1 Å². The van der Waals surface area contributed by atoms with Gasteiger partial charge in [0, 0.05) is 32.2 Å². The summed E-state index contributed by atoms with van der Waals surface area (Å²) in [4.78, 5) is 4.79. The predicted octanol–water partition coefficient (Wildman–Crippen LogP) is 0.928. The lowest BCUT2D eigenvalue weighted by molar-refractivity contribution is 0.0899. The normalized spacial score (nSPS) is 23.6. The van der Waals surface area contributed by atoms with Gasteiger partial charge in [0.1, 0.15) is 0 Å². The molecule has 17 heavy (non-hydrogen) atoms. The Morgan fingerprint density at radius 3 is 2.24 bits per heavy atom. The summed E-state index contributed by atoms with van der Waals surface area (Å²) in [6, 6.07) is 0.699. The number of piperazine rings is 1. The Kier molecular flexibility index (Phi) is 5.71. The second-order valence-electron chi connectivity index (χ2n) is 4.91. The maximum absolute atomic E-state index is 8.67. The SMILES string of the molecule is CCCC(C)N1CCN(C(C)C(N)=NO)CC1. The first kappa shape index (κ1) is 14.3. The van der Waals surface area contributed by atoms with E-state index in [0.717, 1.165) is 26.2 Å². The summed E-state index contributed by atoms with van der Waals surface area (Å²) in [5, 5.41) is 11.8. The Hall–Kier alpha value is -0.810. The molecule has 1 saturated heterocycles. The van der Waals surface area contributed by atoms with Crippen LogP contribution in [0.5, 0.6) is 0 Å². The van der Waals surface area contributed by atoms with Crippen molar-refractivity contribution in [3.63, 3.8) is 0 Å². The Morgan fingerprint density at radius 2 is 1.76 bits per heavy atom. The predicted molar refractivity (Wildman–Crippen MR) is 70.4 cm³/mol. The molecule has 5 heteroatoms. The van der Waals surface area contributed by atoms with Gasteiger partial charge in [-0.05, 0) is 20.3 Å². The van der Waals surface area contributed by atoms with E-state index < -0.39 is 0 Å². The largest absolute Gasteiger partial charge is 0.409 e. The zero-order valence-corrected chi connectivity index (χ0v) is 11.3. The van der Waals surface area contributed by atoms with Crippen molar-refractivity contribution in [2.75, 3.05) is 26.2 Å². The van der Waals surface area contributed by atoms with Gasteiger partial charge in [0.05, 0.1) is 6.04 Å². The molecule has 1 heterocycles. The zero-order chi connectivity index (χ0) is 12.8. The Morgan fingerprint density at radius 1 is 1.24 bits per heavy atom. The molecule has 2 unspecified atom stereocenters. The van der Waals surface area contributed by atoms with Gasteiger partial charge in [0.2, 0.25) is 0 Å². The lowest BCUT2D eigenvalue weighted by Gasteiger charge is -2.40. The van der Waals surface area contributed by atoms with Crippen LogP contribution in [0.15, 0.2) is 5.16 Å². The first-order valence-electron chi connectivity index (χ1n) is 6.55. The molecule has 5 nitrogen and oxygen atoms in total. The summed E-state index contributed by atoms with van der Waals surface area (Å²) in [5.41, 5.74) is 5.63. The molecular weight excluding hydrogens is 216 g/mol. The minimum Gasteiger partial charge on any atom is -0.409 e. The highest BCUT2D eigenvalue weighted by atomic mass is 16.4. The van der Waals surface area contributed by atoms with E-state index in [1.54, 1.807) is 0 Å². The smallest absolute Gasteiger partial charge is 0.156 e. The van der Waals surface area contributed by atoms with Crippen LogP contribution in [0, 0.1) is 0 Å². The quantitative estimate of drug-likeness (QED) is 0.326. The van der Waals surface area contributed by atoms with E-state index in [4.69, 9.17) is 10.9 Å². The molecular formula is C12H26N4O. The molecule has 1 fully saturated rings. The molecule has 0 aromatic heterocycles. The fourth-order valence-electron chi connectivity index (χ4n) is 2.44. The third-order valence-electron chi connectivity index (χ3n) is 3.77. The summed E-state index contributed by atoms with van der Waals surface area (Å²) in [5.74, 6) is 0.306. The minimum atomic E-state index is 0.0311. The number of hydrogen-bond acceptors (Lipinski definition) is 4. The number of rotatable bonds is 5.